The predicted molar refractivity (Wildman–Crippen MR) is 150 cm³/mol. The Morgan fingerprint density at radius 3 is 2.55 bits per heavy atom. The number of benzene rings is 1. The number of carbonyl (C=O) groups is 1. The van der Waals surface area contributed by atoms with Gasteiger partial charge in [0.15, 0.2) is 10.8 Å². The zero-order valence-electron chi connectivity index (χ0n) is 23.4. The zero-order valence-corrected chi connectivity index (χ0v) is 25.0. The van der Waals surface area contributed by atoms with Crippen molar-refractivity contribution in [3.8, 4) is 5.75 Å². The molecule has 2 aliphatic rings. The summed E-state index contributed by atoms with van der Waals surface area (Å²) in [5.41, 5.74) is 4.61. The van der Waals surface area contributed by atoms with Crippen molar-refractivity contribution in [3.05, 3.63) is 71.7 Å². The van der Waals surface area contributed by atoms with Crippen LogP contribution in [0.25, 0.3) is 0 Å². The number of ether oxygens (including phenoxy) is 1. The van der Waals surface area contributed by atoms with Crippen LogP contribution in [-0.4, -0.2) is 83.7 Å². The first-order valence-electron chi connectivity index (χ1n) is 12.8. The molecule has 2 aliphatic heterocycles. The lowest BCUT2D eigenvalue weighted by Crippen LogP contribution is -2.66. The third-order valence-electron chi connectivity index (χ3n) is 8.06. The van der Waals surface area contributed by atoms with E-state index in [1.165, 1.54) is 62.6 Å². The van der Waals surface area contributed by atoms with Gasteiger partial charge >= 0.3 is 0 Å². The van der Waals surface area contributed by atoms with Crippen LogP contribution in [0.5, 0.6) is 5.75 Å². The van der Waals surface area contributed by atoms with Gasteiger partial charge < -0.3 is 15.0 Å². The summed E-state index contributed by atoms with van der Waals surface area (Å²) < 4.78 is 77.2. The first kappa shape index (κ1) is 29.6. The highest BCUT2D eigenvalue weighted by Gasteiger charge is 2.67. The van der Waals surface area contributed by atoms with E-state index in [2.05, 4.69) is 15.0 Å². The Kier molecular flexibility index (Phi) is 7.14. The van der Waals surface area contributed by atoms with E-state index in [9.17, 15) is 21.6 Å². The molecule has 2 N–H and O–H groups in total. The first-order valence-corrected chi connectivity index (χ1v) is 15.7. The SMILES string of the molecule is COc1ccc(C(=O)Cc2ccc(F)c([C@@]3(C)N=C(N)N(C)S(=O)(=O)[C@]34CCN(S(=O)(=O)c3cn(C)cn3)C4)c2)nc1. The largest absolute Gasteiger partial charge is 0.495 e. The third kappa shape index (κ3) is 4.44. The molecule has 2 aromatic heterocycles. The third-order valence-corrected chi connectivity index (χ3v) is 12.4. The fraction of sp³-hybridized carbons (Fsp3) is 0.385. The van der Waals surface area contributed by atoms with Crippen LogP contribution in [0, 0.1) is 5.82 Å². The number of carbonyl (C=O) groups excluding carboxylic acids is 1. The molecule has 0 radical (unpaired) electrons. The molecule has 13 nitrogen and oxygen atoms in total. The molecule has 0 amide bonds. The number of hydrogen-bond donors (Lipinski definition) is 1. The van der Waals surface area contributed by atoms with Crippen LogP contribution >= 0.6 is 0 Å². The Balaban J connectivity index is 1.58. The number of aryl methyl sites for hydroxylation is 1. The van der Waals surface area contributed by atoms with Crippen LogP contribution in [0.4, 0.5) is 4.39 Å². The lowest BCUT2D eigenvalue weighted by molar-refractivity contribution is 0.0988. The van der Waals surface area contributed by atoms with Crippen molar-refractivity contribution in [3.63, 3.8) is 0 Å². The van der Waals surface area contributed by atoms with Gasteiger partial charge in [0.25, 0.3) is 10.0 Å². The zero-order chi connectivity index (χ0) is 30.7. The van der Waals surface area contributed by atoms with Gasteiger partial charge in [-0.2, -0.15) is 4.31 Å². The van der Waals surface area contributed by atoms with Crippen LogP contribution < -0.4 is 10.5 Å². The average Bonchev–Trinajstić information content (AvgIpc) is 3.62. The minimum atomic E-state index is -4.39. The Bertz CT molecular complexity index is 1810. The molecule has 42 heavy (non-hydrogen) atoms. The second kappa shape index (κ2) is 10.1. The smallest absolute Gasteiger partial charge is 0.262 e. The van der Waals surface area contributed by atoms with Crippen LogP contribution in [0.15, 0.2) is 59.1 Å². The molecule has 5 rings (SSSR count). The second-order valence-corrected chi connectivity index (χ2v) is 14.6. The number of nitrogens with zero attached hydrogens (tertiary/aromatic N) is 6. The molecule has 0 bridgehead atoms. The number of halogens is 1. The van der Waals surface area contributed by atoms with Gasteiger partial charge in [-0.25, -0.2) is 40.5 Å². The highest BCUT2D eigenvalue weighted by molar-refractivity contribution is 7.91. The van der Waals surface area contributed by atoms with Crippen molar-refractivity contribution in [1.82, 2.24) is 23.1 Å². The summed E-state index contributed by atoms with van der Waals surface area (Å²) in [6.07, 6.45) is 3.68. The van der Waals surface area contributed by atoms with Gasteiger partial charge in [0.05, 0.1) is 19.6 Å². The van der Waals surface area contributed by atoms with Crippen LogP contribution in [-0.2, 0) is 39.1 Å². The molecule has 16 heteroatoms. The molecule has 1 spiro atoms. The number of imidazole rings is 1. The Morgan fingerprint density at radius 1 is 1.19 bits per heavy atom. The summed E-state index contributed by atoms with van der Waals surface area (Å²) in [4.78, 5) is 25.5. The quantitative estimate of drug-likeness (QED) is 0.380. The van der Waals surface area contributed by atoms with E-state index in [1.54, 1.807) is 13.1 Å². The molecule has 1 aromatic carbocycles. The van der Waals surface area contributed by atoms with Crippen molar-refractivity contribution in [2.75, 3.05) is 27.2 Å². The minimum absolute atomic E-state index is 0.132. The van der Waals surface area contributed by atoms with E-state index in [0.717, 1.165) is 14.7 Å². The maximum absolute atomic E-state index is 15.7. The van der Waals surface area contributed by atoms with Crippen molar-refractivity contribution in [1.29, 1.82) is 0 Å². The second-order valence-electron chi connectivity index (χ2n) is 10.5. The molecule has 0 saturated carbocycles. The number of guanidine groups is 1. The van der Waals surface area contributed by atoms with E-state index >= 15 is 4.39 Å². The number of pyridine rings is 1. The normalized spacial score (nSPS) is 24.1. The first-order chi connectivity index (χ1) is 19.7. The topological polar surface area (TPSA) is 170 Å². The lowest BCUT2D eigenvalue weighted by Gasteiger charge is -2.48. The molecular weight excluding hydrogens is 589 g/mol. The Hall–Kier alpha value is -3.89. The van der Waals surface area contributed by atoms with Crippen LogP contribution in [0.2, 0.25) is 0 Å². The fourth-order valence-corrected chi connectivity index (χ4v) is 9.24. The highest BCUT2D eigenvalue weighted by Crippen LogP contribution is 2.52. The molecule has 0 aliphatic carbocycles. The fourth-order valence-electron chi connectivity index (χ4n) is 5.56. The number of methoxy groups -OCH3 is 1. The van der Waals surface area contributed by atoms with E-state index in [0.29, 0.717) is 11.3 Å². The summed E-state index contributed by atoms with van der Waals surface area (Å²) in [5.74, 6) is -1.04. The number of aromatic nitrogens is 3. The van der Waals surface area contributed by atoms with Crippen LogP contribution in [0.1, 0.15) is 35.0 Å². The van der Waals surface area contributed by atoms with Crippen molar-refractivity contribution >= 4 is 31.8 Å². The van der Waals surface area contributed by atoms with E-state index in [-0.39, 0.29) is 47.4 Å². The van der Waals surface area contributed by atoms with E-state index < -0.39 is 42.7 Å². The summed E-state index contributed by atoms with van der Waals surface area (Å²) in [5, 5.41) is -0.243. The van der Waals surface area contributed by atoms with Crippen molar-refractivity contribution in [2.45, 2.75) is 35.1 Å². The summed E-state index contributed by atoms with van der Waals surface area (Å²) in [6.45, 7) is 0.723. The molecule has 4 heterocycles. The van der Waals surface area contributed by atoms with Crippen molar-refractivity contribution < 1.29 is 30.8 Å². The number of hydrogen-bond acceptors (Lipinski definition) is 10. The van der Waals surface area contributed by atoms with Crippen molar-refractivity contribution in [2.24, 2.45) is 17.8 Å². The lowest BCUT2D eigenvalue weighted by atomic mass is 9.77. The molecule has 224 valence electrons. The van der Waals surface area contributed by atoms with Gasteiger partial charge in [0.1, 0.15) is 27.5 Å². The highest BCUT2D eigenvalue weighted by atomic mass is 32.2. The maximum Gasteiger partial charge on any atom is 0.262 e. The van der Waals surface area contributed by atoms with E-state index in [4.69, 9.17) is 10.5 Å². The molecule has 0 unspecified atom stereocenters. The monoisotopic (exact) mass is 619 g/mol. The minimum Gasteiger partial charge on any atom is -0.495 e. The number of nitrogens with two attached hydrogens (primary N) is 1. The molecule has 3 aromatic rings. The molecule has 1 saturated heterocycles. The van der Waals surface area contributed by atoms with E-state index in [1.807, 2.05) is 0 Å². The average molecular weight is 620 g/mol. The molecular formula is C26H30FN7O6S2. The number of ketones is 1. The predicted octanol–water partition coefficient (Wildman–Crippen LogP) is 1.03. The van der Waals surface area contributed by atoms with Gasteiger partial charge in [0.2, 0.25) is 16.0 Å². The van der Waals surface area contributed by atoms with Gasteiger partial charge in [-0.3, -0.25) is 4.79 Å². The van der Waals surface area contributed by atoms with Gasteiger partial charge in [-0.05, 0) is 43.2 Å². The summed E-state index contributed by atoms with van der Waals surface area (Å²) in [6, 6.07) is 7.02. The summed E-state index contributed by atoms with van der Waals surface area (Å²) in [7, 11) is -4.28. The number of aliphatic imine (C=N–C) groups is 1. The number of Topliss-reactive ketones (excluding diaryl/α,β-unsaturated/α-hetero) is 1. The Morgan fingerprint density at radius 2 is 1.93 bits per heavy atom. The van der Waals surface area contributed by atoms with Crippen LogP contribution in [0.3, 0.4) is 0 Å². The summed E-state index contributed by atoms with van der Waals surface area (Å²) >= 11 is 0. The van der Waals surface area contributed by atoms with Gasteiger partial charge in [0, 0.05) is 45.4 Å². The number of rotatable bonds is 7. The molecule has 1 fully saturated rings. The Labute approximate surface area is 242 Å². The number of sulfonamides is 2. The maximum atomic E-state index is 15.7. The van der Waals surface area contributed by atoms with Gasteiger partial charge in [-0.15, -0.1) is 0 Å². The standard InChI is InChI=1S/C26H30FN7O6S2/c1-25(19-11-17(5-7-20(19)27)12-22(35)21-8-6-18(40-4)13-29-21)26(42(38,39)33(3)24(28)31-25)9-10-34(15-26)41(36,37)23-14-32(2)16-30-23/h5-8,11,13-14,16H,9-10,12,15H2,1-4H3,(H2,28,31)/t25-,26+/m1/s1. The molecule has 2 atom stereocenters. The van der Waals surface area contributed by atoms with Gasteiger partial charge in [-0.1, -0.05) is 6.07 Å².